The second kappa shape index (κ2) is 26.0. The largest absolute Gasteiger partial charge is 0.461 e. The highest BCUT2D eigenvalue weighted by Gasteiger charge is 2.28. The number of hydrogen-bond acceptors (Lipinski definition) is 14. The molecule has 0 saturated heterocycles. The van der Waals surface area contributed by atoms with Crippen molar-refractivity contribution in [2.24, 2.45) is 4.99 Å². The quantitative estimate of drug-likeness (QED) is 0.0316. The van der Waals surface area contributed by atoms with Gasteiger partial charge in [0.05, 0.1) is 18.6 Å². The van der Waals surface area contributed by atoms with Crippen LogP contribution in [-0.4, -0.2) is 73.6 Å². The first-order valence-electron chi connectivity index (χ1n) is 17.7. The summed E-state index contributed by atoms with van der Waals surface area (Å²) in [6.45, 7) is 6.71. The van der Waals surface area contributed by atoms with Crippen LogP contribution in [0.4, 0.5) is 48.2 Å². The first-order valence-corrected chi connectivity index (χ1v) is 17.7. The summed E-state index contributed by atoms with van der Waals surface area (Å²) in [5, 5.41) is 11.4. The Labute approximate surface area is 344 Å². The number of nitrogens with zero attached hydrogens (tertiary/aromatic N) is 5. The maximum absolute atomic E-state index is 13.6. The minimum absolute atomic E-state index is 0.0758. The van der Waals surface area contributed by atoms with Crippen LogP contribution in [0.5, 0.6) is 0 Å². The number of aliphatic imine (C=N–C) groups is 1. The molecule has 21 heteroatoms. The molecule has 2 atom stereocenters. The SMILES string of the molecule is CC(C)OC(=O)C(Cc1ncccn1)OC(=O)Nc1c(F)cccc1F.CC(C)OC(=O)C(O)Cc1ncccn1.Nc1c(F)cccc1F.O=C=Nc1c(F)cccc1F. The average molecular weight is 860 g/mol. The van der Waals surface area contributed by atoms with Crippen LogP contribution >= 0.6 is 0 Å². The van der Waals surface area contributed by atoms with Crippen LogP contribution in [0.2, 0.25) is 0 Å². The first kappa shape index (κ1) is 49.9. The Morgan fingerprint density at radius 1 is 0.656 bits per heavy atom. The van der Waals surface area contributed by atoms with Gasteiger partial charge in [-0.25, -0.2) is 65.5 Å². The monoisotopic (exact) mass is 859 g/mol. The van der Waals surface area contributed by atoms with E-state index in [1.54, 1.807) is 52.2 Å². The van der Waals surface area contributed by atoms with Crippen LogP contribution in [0.25, 0.3) is 0 Å². The normalized spacial score (nSPS) is 11.1. The Kier molecular flexibility index (Phi) is 21.2. The molecule has 0 bridgehead atoms. The smallest absolute Gasteiger partial charge is 0.412 e. The van der Waals surface area contributed by atoms with Gasteiger partial charge in [-0.15, -0.1) is 0 Å². The van der Waals surface area contributed by atoms with E-state index in [0.717, 1.165) is 48.5 Å². The summed E-state index contributed by atoms with van der Waals surface area (Å²) >= 11 is 0. The molecule has 2 aromatic heterocycles. The number of nitrogens with two attached hydrogens (primary N) is 1. The molecule has 1 amide bonds. The summed E-state index contributed by atoms with van der Waals surface area (Å²) in [7, 11) is 0. The number of nitrogen functional groups attached to an aromatic ring is 1. The molecule has 5 rings (SSSR count). The molecule has 5 aromatic rings. The van der Waals surface area contributed by atoms with Gasteiger partial charge in [0.25, 0.3) is 0 Å². The molecule has 2 unspecified atom stereocenters. The van der Waals surface area contributed by atoms with Gasteiger partial charge in [0.2, 0.25) is 12.2 Å². The number of nitrogens with one attached hydrogen (secondary N) is 1. The molecular formula is C40H39F6N7O8. The van der Waals surface area contributed by atoms with Crippen LogP contribution in [0.15, 0.2) is 96.5 Å². The molecule has 324 valence electrons. The van der Waals surface area contributed by atoms with Gasteiger partial charge in [0.1, 0.15) is 52.0 Å². The number of ether oxygens (including phenoxy) is 3. The van der Waals surface area contributed by atoms with Crippen molar-refractivity contribution < 1.29 is 64.8 Å². The fourth-order valence-corrected chi connectivity index (χ4v) is 4.12. The number of carbonyl (C=O) groups excluding carboxylic acids is 4. The first-order chi connectivity index (χ1) is 28.9. The number of amides is 1. The van der Waals surface area contributed by atoms with Crippen molar-refractivity contribution >= 4 is 41.2 Å². The molecule has 0 saturated carbocycles. The predicted octanol–water partition coefficient (Wildman–Crippen LogP) is 6.68. The lowest BCUT2D eigenvalue weighted by Gasteiger charge is -2.18. The molecule has 0 aliphatic heterocycles. The Morgan fingerprint density at radius 2 is 1.07 bits per heavy atom. The van der Waals surface area contributed by atoms with E-state index in [0.29, 0.717) is 5.82 Å². The molecule has 0 aliphatic carbocycles. The van der Waals surface area contributed by atoms with Gasteiger partial charge in [-0.3, -0.25) is 5.32 Å². The van der Waals surface area contributed by atoms with Crippen LogP contribution in [-0.2, 0) is 41.4 Å². The maximum Gasteiger partial charge on any atom is 0.412 e. The van der Waals surface area contributed by atoms with E-state index in [4.69, 9.17) is 19.9 Å². The molecule has 2 heterocycles. The van der Waals surface area contributed by atoms with E-state index in [1.165, 1.54) is 24.5 Å². The summed E-state index contributed by atoms with van der Waals surface area (Å²) in [6, 6.07) is 13.0. The van der Waals surface area contributed by atoms with Crippen LogP contribution in [0.3, 0.4) is 0 Å². The predicted molar refractivity (Wildman–Crippen MR) is 205 cm³/mol. The maximum atomic E-state index is 13.6. The molecule has 61 heavy (non-hydrogen) atoms. The van der Waals surface area contributed by atoms with Gasteiger partial charge in [-0.2, -0.15) is 4.99 Å². The third kappa shape index (κ3) is 18.5. The van der Waals surface area contributed by atoms with Crippen molar-refractivity contribution in [1.82, 2.24) is 19.9 Å². The van der Waals surface area contributed by atoms with Crippen LogP contribution < -0.4 is 11.1 Å². The number of esters is 2. The molecule has 0 aliphatic rings. The van der Waals surface area contributed by atoms with Gasteiger partial charge in [-0.05, 0) is 76.2 Å². The highest BCUT2D eigenvalue weighted by molar-refractivity contribution is 5.87. The Balaban J connectivity index is 0.000000308. The average Bonchev–Trinajstić information content (AvgIpc) is 3.20. The van der Waals surface area contributed by atoms with E-state index >= 15 is 0 Å². The number of anilines is 2. The summed E-state index contributed by atoms with van der Waals surface area (Å²) in [5.41, 5.74) is 3.24. The van der Waals surface area contributed by atoms with Crippen molar-refractivity contribution in [1.29, 1.82) is 0 Å². The van der Waals surface area contributed by atoms with Crippen LogP contribution in [0, 0.1) is 34.9 Å². The molecule has 0 radical (unpaired) electrons. The van der Waals surface area contributed by atoms with Crippen molar-refractivity contribution in [3.63, 3.8) is 0 Å². The van der Waals surface area contributed by atoms with Crippen molar-refractivity contribution in [2.75, 3.05) is 11.1 Å². The summed E-state index contributed by atoms with van der Waals surface area (Å²) in [6.07, 6.45) is 2.55. The molecule has 0 fully saturated rings. The summed E-state index contributed by atoms with van der Waals surface area (Å²) in [5.74, 6) is -5.92. The Bertz CT molecular complexity index is 2160. The second-order valence-corrected chi connectivity index (χ2v) is 12.2. The van der Waals surface area contributed by atoms with E-state index in [2.05, 4.69) is 24.9 Å². The number of para-hydroxylation sites is 3. The lowest BCUT2D eigenvalue weighted by atomic mass is 10.2. The van der Waals surface area contributed by atoms with Gasteiger partial charge in [0, 0.05) is 31.2 Å². The number of rotatable bonds is 11. The fourth-order valence-electron chi connectivity index (χ4n) is 4.12. The molecule has 0 spiro atoms. The van der Waals surface area contributed by atoms with E-state index < -0.39 is 88.3 Å². The minimum atomic E-state index is -1.38. The summed E-state index contributed by atoms with van der Waals surface area (Å²) in [4.78, 5) is 63.6. The third-order valence-corrected chi connectivity index (χ3v) is 6.75. The zero-order valence-electron chi connectivity index (χ0n) is 32.8. The topological polar surface area (TPSA) is 218 Å². The number of aliphatic hydroxyl groups is 1. The number of aliphatic hydroxyl groups excluding tert-OH is 1. The minimum Gasteiger partial charge on any atom is -0.461 e. The van der Waals surface area contributed by atoms with Crippen molar-refractivity contribution in [3.8, 4) is 0 Å². The lowest BCUT2D eigenvalue weighted by molar-refractivity contribution is -0.158. The highest BCUT2D eigenvalue weighted by atomic mass is 19.2. The summed E-state index contributed by atoms with van der Waals surface area (Å²) < 4.78 is 91.6. The van der Waals surface area contributed by atoms with Gasteiger partial charge >= 0.3 is 18.0 Å². The highest BCUT2D eigenvalue weighted by Crippen LogP contribution is 2.21. The van der Waals surface area contributed by atoms with Crippen molar-refractivity contribution in [3.05, 3.63) is 138 Å². The Morgan fingerprint density at radius 3 is 1.49 bits per heavy atom. The standard InChI is InChI=1S/C17H17F2N3O4.C10H14N2O3.C7H3F2NO.C6H5F2N/c1-10(2)25-16(23)13(9-14-20-7-4-8-21-14)26-17(24)22-15-11(18)5-3-6-12(15)19;1-7(2)15-10(14)8(13)6-9-11-4-3-5-12-9;8-5-2-1-3-6(9)7(5)10-4-11;7-4-2-1-3-5(8)6(4)9/h3-8,10,13H,9H2,1-2H3,(H,22,24);3-5,7-8,13H,6H2,1-2H3;1-3H;1-3H,9H2. The van der Waals surface area contributed by atoms with Gasteiger partial charge in [0.15, 0.2) is 17.7 Å². The lowest BCUT2D eigenvalue weighted by Crippen LogP contribution is -2.35. The molecular weight excluding hydrogens is 820 g/mol. The van der Waals surface area contributed by atoms with Crippen LogP contribution in [0.1, 0.15) is 39.3 Å². The number of isocyanates is 1. The van der Waals surface area contributed by atoms with Gasteiger partial charge < -0.3 is 25.1 Å². The molecule has 15 nitrogen and oxygen atoms in total. The fraction of sp³-hybridized carbons (Fsp3) is 0.250. The van der Waals surface area contributed by atoms with Gasteiger partial charge in [-0.1, -0.05) is 18.2 Å². The van der Waals surface area contributed by atoms with E-state index in [-0.39, 0.29) is 24.8 Å². The molecule has 4 N–H and O–H groups in total. The van der Waals surface area contributed by atoms with Crippen molar-refractivity contribution in [2.45, 2.75) is 65.0 Å². The number of carbonyl (C=O) groups is 3. The number of benzene rings is 3. The number of aromatic nitrogens is 4. The molecule has 3 aromatic carbocycles. The third-order valence-electron chi connectivity index (χ3n) is 6.75. The second-order valence-electron chi connectivity index (χ2n) is 12.2. The number of halogens is 6. The number of hydrogen-bond donors (Lipinski definition) is 3. The Hall–Kier alpha value is -7.25. The van der Waals surface area contributed by atoms with E-state index in [1.807, 2.05) is 5.32 Å². The zero-order chi connectivity index (χ0) is 45.5. The van der Waals surface area contributed by atoms with E-state index in [9.17, 15) is 50.6 Å². The zero-order valence-corrected chi connectivity index (χ0v) is 32.8.